The Kier molecular flexibility index (Phi) is 16.1. The molecule has 0 amide bonds. The lowest BCUT2D eigenvalue weighted by Gasteiger charge is -2.48. The first-order valence-corrected chi connectivity index (χ1v) is 23.6. The first-order valence-electron chi connectivity index (χ1n) is 21.4. The summed E-state index contributed by atoms with van der Waals surface area (Å²) < 4.78 is 66.0. The van der Waals surface area contributed by atoms with Gasteiger partial charge >= 0.3 is 5.97 Å². The van der Waals surface area contributed by atoms with E-state index in [4.69, 9.17) is 47.1 Å². The number of carbonyl (C=O) groups excluding carboxylic acids is 1. The Hall–Kier alpha value is -2.27. The van der Waals surface area contributed by atoms with E-state index in [0.29, 0.717) is 23.0 Å². The van der Waals surface area contributed by atoms with Crippen molar-refractivity contribution in [3.63, 3.8) is 0 Å². The van der Waals surface area contributed by atoms with Crippen molar-refractivity contribution in [3.8, 4) is 0 Å². The highest BCUT2D eigenvalue weighted by Gasteiger charge is 2.55. The summed E-state index contributed by atoms with van der Waals surface area (Å²) >= 11 is 0. The highest BCUT2D eigenvalue weighted by molar-refractivity contribution is 6.77. The van der Waals surface area contributed by atoms with Crippen LogP contribution in [0.25, 0.3) is 0 Å². The van der Waals surface area contributed by atoms with Gasteiger partial charge in [0.05, 0.1) is 37.9 Å². The second-order valence-electron chi connectivity index (χ2n) is 19.2. The normalized spacial score (nSPS) is 28.9. The number of fused-ring (bicyclic) bond motifs is 1. The number of benzene rings is 2. The van der Waals surface area contributed by atoms with Crippen LogP contribution in [0.5, 0.6) is 0 Å². The van der Waals surface area contributed by atoms with Crippen LogP contribution in [0.4, 0.5) is 0 Å². The molecule has 2 aromatic carbocycles. The molecular weight excluding hydrogens is 773 g/mol. The summed E-state index contributed by atoms with van der Waals surface area (Å²) in [5.41, 5.74) is 2.02. The Morgan fingerprint density at radius 3 is 1.80 bits per heavy atom. The van der Waals surface area contributed by atoms with E-state index in [9.17, 15) is 9.90 Å². The van der Waals surface area contributed by atoms with Crippen molar-refractivity contribution in [1.82, 2.24) is 0 Å². The highest BCUT2D eigenvalue weighted by atomic mass is 28.4. The third-order valence-electron chi connectivity index (χ3n) is 11.4. The molecule has 7 unspecified atom stereocenters. The molecule has 0 bridgehead atoms. The maximum Gasteiger partial charge on any atom is 0.311 e. The minimum atomic E-state index is -2.40. The van der Waals surface area contributed by atoms with Gasteiger partial charge in [-0.2, -0.15) is 0 Å². The number of ether oxygens (including phenoxy) is 9. The molecule has 0 saturated carbocycles. The number of esters is 1. The van der Waals surface area contributed by atoms with Gasteiger partial charge in [0.2, 0.25) is 0 Å². The lowest BCUT2D eigenvalue weighted by atomic mass is 9.95. The van der Waals surface area contributed by atoms with Gasteiger partial charge in [0.1, 0.15) is 30.5 Å². The van der Waals surface area contributed by atoms with Crippen molar-refractivity contribution < 1.29 is 57.0 Å². The molecule has 59 heavy (non-hydrogen) atoms. The van der Waals surface area contributed by atoms with Crippen LogP contribution in [-0.4, -0.2) is 99.5 Å². The molecule has 9 atom stereocenters. The van der Waals surface area contributed by atoms with Crippen molar-refractivity contribution in [3.05, 3.63) is 71.8 Å². The van der Waals surface area contributed by atoms with Crippen molar-refractivity contribution in [2.45, 2.75) is 193 Å². The van der Waals surface area contributed by atoms with Gasteiger partial charge < -0.3 is 52.2 Å². The van der Waals surface area contributed by atoms with Crippen LogP contribution in [0.2, 0.25) is 16.6 Å². The van der Waals surface area contributed by atoms with Gasteiger partial charge in [-0.25, -0.2) is 0 Å². The monoisotopic (exact) mass is 844 g/mol. The molecule has 3 aliphatic rings. The fourth-order valence-electron chi connectivity index (χ4n) is 8.82. The number of rotatable bonds is 18. The molecule has 3 aliphatic heterocycles. The van der Waals surface area contributed by atoms with Crippen LogP contribution in [0, 0.1) is 5.41 Å². The van der Waals surface area contributed by atoms with Gasteiger partial charge in [0, 0.05) is 6.42 Å². The summed E-state index contributed by atoms with van der Waals surface area (Å²) in [7, 11) is -2.40. The minimum absolute atomic E-state index is 0.0439. The zero-order chi connectivity index (χ0) is 43.3. The number of carbonyl (C=O) groups is 1. The first kappa shape index (κ1) is 47.8. The Morgan fingerprint density at radius 2 is 1.29 bits per heavy atom. The molecule has 3 heterocycles. The molecule has 0 aliphatic carbocycles. The van der Waals surface area contributed by atoms with Crippen LogP contribution in [0.15, 0.2) is 60.7 Å². The fraction of sp³-hybridized carbons (Fsp3) is 0.717. The van der Waals surface area contributed by atoms with Crippen LogP contribution >= 0.6 is 0 Å². The van der Waals surface area contributed by atoms with E-state index in [-0.39, 0.29) is 32.5 Å². The summed E-state index contributed by atoms with van der Waals surface area (Å²) in [5, 5.41) is 10.6. The summed E-state index contributed by atoms with van der Waals surface area (Å²) in [6.07, 6.45) is -6.50. The van der Waals surface area contributed by atoms with E-state index in [0.717, 1.165) is 11.1 Å². The summed E-state index contributed by atoms with van der Waals surface area (Å²) in [5.74, 6) is -2.78. The second kappa shape index (κ2) is 19.8. The summed E-state index contributed by atoms with van der Waals surface area (Å²) in [6.45, 7) is 26.4. The average Bonchev–Trinajstić information content (AvgIpc) is 3.46. The van der Waals surface area contributed by atoms with Gasteiger partial charge in [0.15, 0.2) is 38.6 Å². The molecule has 2 aromatic rings. The SMILES string of the molecule is CC(C)[Si](OCC1O[C@@H](OCC2OC(OC(C)(C)O)CC3OC(C)(C)OC23)C(OC(=O)C(C)(C)C)C(OCc2ccccc2)[C@H]1OCc1ccccc1)(C(C)C)C(C)C. The van der Waals surface area contributed by atoms with Crippen molar-refractivity contribution >= 4 is 14.3 Å². The van der Waals surface area contributed by atoms with Crippen molar-refractivity contribution in [1.29, 1.82) is 0 Å². The largest absolute Gasteiger partial charge is 0.454 e. The van der Waals surface area contributed by atoms with Gasteiger partial charge in [0.25, 0.3) is 0 Å². The molecule has 3 fully saturated rings. The number of hydrogen-bond acceptors (Lipinski definition) is 12. The van der Waals surface area contributed by atoms with Gasteiger partial charge in [-0.05, 0) is 76.2 Å². The van der Waals surface area contributed by atoms with Gasteiger partial charge in [-0.1, -0.05) is 102 Å². The van der Waals surface area contributed by atoms with E-state index in [1.165, 1.54) is 0 Å². The van der Waals surface area contributed by atoms with E-state index >= 15 is 0 Å². The molecule has 0 radical (unpaired) electrons. The molecule has 0 aromatic heterocycles. The molecule has 5 rings (SSSR count). The summed E-state index contributed by atoms with van der Waals surface area (Å²) in [4.78, 5) is 13.9. The topological polar surface area (TPSA) is 130 Å². The maximum absolute atomic E-state index is 13.9. The van der Waals surface area contributed by atoms with E-state index in [2.05, 4.69) is 41.5 Å². The fourth-order valence-corrected chi connectivity index (χ4v) is 14.3. The molecule has 3 saturated heterocycles. The molecular formula is C46H72O12Si. The zero-order valence-corrected chi connectivity index (χ0v) is 38.7. The van der Waals surface area contributed by atoms with E-state index in [1.54, 1.807) is 34.6 Å². The van der Waals surface area contributed by atoms with Gasteiger partial charge in [-0.15, -0.1) is 0 Å². The predicted molar refractivity (Wildman–Crippen MR) is 225 cm³/mol. The van der Waals surface area contributed by atoms with Gasteiger partial charge in [-0.3, -0.25) is 4.79 Å². The maximum atomic E-state index is 13.9. The smallest absolute Gasteiger partial charge is 0.311 e. The number of aliphatic hydroxyl groups is 1. The summed E-state index contributed by atoms with van der Waals surface area (Å²) in [6, 6.07) is 19.8. The molecule has 1 N–H and O–H groups in total. The average molecular weight is 845 g/mol. The Labute approximate surface area is 353 Å². The Morgan fingerprint density at radius 1 is 0.746 bits per heavy atom. The third-order valence-corrected chi connectivity index (χ3v) is 17.5. The lowest BCUT2D eigenvalue weighted by molar-refractivity contribution is -0.340. The van der Waals surface area contributed by atoms with Crippen LogP contribution < -0.4 is 0 Å². The quantitative estimate of drug-likeness (QED) is 0.0879. The molecule has 332 valence electrons. The minimum Gasteiger partial charge on any atom is -0.454 e. The predicted octanol–water partition coefficient (Wildman–Crippen LogP) is 8.43. The first-order chi connectivity index (χ1) is 27.6. The van der Waals surface area contributed by atoms with E-state index in [1.807, 2.05) is 74.5 Å². The standard InChI is InChI=1S/C46H72O12Si/c1-29(2)59(30(3)4,31(5)6)52-28-36-39(49-25-32-20-16-14-17-21-32)40(50-26-33-22-18-15-19-23-33)41(55-43(47)44(7,8)9)42(54-36)51-27-35-38-34(56-46(12,13)58-38)24-37(53-35)57-45(10,11)48/h14-23,29-31,34-42,48H,24-28H2,1-13H3/t34?,35?,36?,37?,38?,39-,40?,41?,42+/m0/s1. The molecule has 12 nitrogen and oxygen atoms in total. The third kappa shape index (κ3) is 12.4. The van der Waals surface area contributed by atoms with Crippen molar-refractivity contribution in [2.75, 3.05) is 13.2 Å². The molecule has 13 heteroatoms. The second-order valence-corrected chi connectivity index (χ2v) is 24.7. The van der Waals surface area contributed by atoms with Crippen LogP contribution in [0.1, 0.15) is 108 Å². The number of hydrogen-bond donors (Lipinski definition) is 1. The Balaban J connectivity index is 1.55. The zero-order valence-electron chi connectivity index (χ0n) is 37.7. The Bertz CT molecular complexity index is 1570. The van der Waals surface area contributed by atoms with Crippen molar-refractivity contribution in [2.24, 2.45) is 5.41 Å². The lowest BCUT2D eigenvalue weighted by Crippen LogP contribution is -2.64. The highest BCUT2D eigenvalue weighted by Crippen LogP contribution is 2.44. The van der Waals surface area contributed by atoms with Crippen LogP contribution in [-0.2, 0) is 65.1 Å². The molecule has 0 spiro atoms. The van der Waals surface area contributed by atoms with E-state index < -0.39 is 80.5 Å². The van der Waals surface area contributed by atoms with Crippen LogP contribution in [0.3, 0.4) is 0 Å².